The van der Waals surface area contributed by atoms with Crippen molar-refractivity contribution in [3.8, 4) is 11.5 Å². The summed E-state index contributed by atoms with van der Waals surface area (Å²) in [6.07, 6.45) is 3.50. The zero-order valence-electron chi connectivity index (χ0n) is 15.7. The highest BCUT2D eigenvalue weighted by molar-refractivity contribution is 5.44. The molecule has 0 aliphatic carbocycles. The molecule has 1 saturated heterocycles. The molecule has 1 aromatic heterocycles. The number of anilines is 1. The van der Waals surface area contributed by atoms with Crippen LogP contribution in [0.25, 0.3) is 0 Å². The smallest absolute Gasteiger partial charge is 0.266 e. The molecule has 0 radical (unpaired) electrons. The molecule has 0 amide bonds. The summed E-state index contributed by atoms with van der Waals surface area (Å²) in [5.74, 6) is 2.53. The second-order valence-electron chi connectivity index (χ2n) is 7.11. The summed E-state index contributed by atoms with van der Waals surface area (Å²) in [5, 5.41) is 8.00. The molecule has 27 heavy (non-hydrogen) atoms. The molecule has 1 N–H and O–H groups in total. The Morgan fingerprint density at radius 2 is 2.00 bits per heavy atom. The number of rotatable bonds is 5. The third kappa shape index (κ3) is 4.08. The molecule has 1 atom stereocenters. The Labute approximate surface area is 158 Å². The van der Waals surface area contributed by atoms with Gasteiger partial charge in [0.1, 0.15) is 19.0 Å². The molecule has 1 unspecified atom stereocenters. The Kier molecular flexibility index (Phi) is 5.29. The van der Waals surface area contributed by atoms with Gasteiger partial charge in [-0.15, -0.1) is 0 Å². The zero-order valence-corrected chi connectivity index (χ0v) is 15.7. The summed E-state index contributed by atoms with van der Waals surface area (Å²) >= 11 is 0. The second kappa shape index (κ2) is 8.00. The van der Waals surface area contributed by atoms with Crippen LogP contribution in [0.4, 0.5) is 5.82 Å². The fraction of sp³-hybridized carbons (Fsp3) is 0.500. The molecule has 1 aromatic carbocycles. The molecule has 144 valence electrons. The molecular formula is C20H26N4O3. The van der Waals surface area contributed by atoms with Gasteiger partial charge in [-0.3, -0.25) is 4.79 Å². The minimum atomic E-state index is -0.0796. The summed E-state index contributed by atoms with van der Waals surface area (Å²) < 4.78 is 12.6. The van der Waals surface area contributed by atoms with Crippen LogP contribution >= 0.6 is 0 Å². The Morgan fingerprint density at radius 1 is 1.15 bits per heavy atom. The lowest BCUT2D eigenvalue weighted by Crippen LogP contribution is -2.46. The Hall–Kier alpha value is -2.54. The van der Waals surface area contributed by atoms with Crippen molar-refractivity contribution in [2.75, 3.05) is 31.2 Å². The van der Waals surface area contributed by atoms with Crippen molar-refractivity contribution >= 4 is 5.82 Å². The van der Waals surface area contributed by atoms with Gasteiger partial charge in [-0.05, 0) is 43.0 Å². The summed E-state index contributed by atoms with van der Waals surface area (Å²) in [5.41, 5.74) is 1.10. The number of nitrogens with zero attached hydrogens (tertiary/aromatic N) is 3. The molecule has 2 aromatic rings. The monoisotopic (exact) mass is 370 g/mol. The van der Waals surface area contributed by atoms with Crippen molar-refractivity contribution in [3.63, 3.8) is 0 Å². The average Bonchev–Trinajstić information content (AvgIpc) is 2.70. The fourth-order valence-corrected chi connectivity index (χ4v) is 3.74. The molecule has 0 spiro atoms. The van der Waals surface area contributed by atoms with Gasteiger partial charge in [0.2, 0.25) is 0 Å². The summed E-state index contributed by atoms with van der Waals surface area (Å²) in [7, 11) is 1.70. The van der Waals surface area contributed by atoms with Crippen molar-refractivity contribution in [1.29, 1.82) is 0 Å². The van der Waals surface area contributed by atoms with E-state index in [2.05, 4.69) is 27.4 Å². The largest absolute Gasteiger partial charge is 0.486 e. The van der Waals surface area contributed by atoms with E-state index in [0.717, 1.165) is 49.8 Å². The molecule has 3 heterocycles. The van der Waals surface area contributed by atoms with E-state index < -0.39 is 0 Å². The van der Waals surface area contributed by atoms with Crippen LogP contribution < -0.4 is 25.2 Å². The van der Waals surface area contributed by atoms with Crippen LogP contribution in [0.15, 0.2) is 35.1 Å². The maximum Gasteiger partial charge on any atom is 0.266 e. The van der Waals surface area contributed by atoms with Gasteiger partial charge in [0.25, 0.3) is 5.56 Å². The summed E-state index contributed by atoms with van der Waals surface area (Å²) in [4.78, 5) is 13.9. The van der Waals surface area contributed by atoms with E-state index in [0.29, 0.717) is 19.3 Å². The summed E-state index contributed by atoms with van der Waals surface area (Å²) in [6, 6.07) is 9.91. The van der Waals surface area contributed by atoms with Gasteiger partial charge < -0.3 is 19.7 Å². The first kappa shape index (κ1) is 17.9. The number of nitrogens with one attached hydrogen (secondary N) is 1. The number of aryl methyl sites for hydroxylation is 1. The van der Waals surface area contributed by atoms with Crippen molar-refractivity contribution < 1.29 is 9.47 Å². The molecule has 2 aliphatic rings. The highest BCUT2D eigenvalue weighted by Gasteiger charge is 2.23. The molecular weight excluding hydrogens is 344 g/mol. The number of hydrogen-bond donors (Lipinski definition) is 1. The van der Waals surface area contributed by atoms with Gasteiger partial charge in [-0.2, -0.15) is 5.10 Å². The molecule has 1 fully saturated rings. The molecule has 7 nitrogen and oxygen atoms in total. The SMILES string of the molecule is Cn1nc(N2CCCCC2CNCc2ccc3c(c2)OCCO3)ccc1=O. The first-order valence-corrected chi connectivity index (χ1v) is 9.61. The van der Waals surface area contributed by atoms with Crippen LogP contribution in [0.1, 0.15) is 24.8 Å². The van der Waals surface area contributed by atoms with Crippen LogP contribution in [-0.2, 0) is 13.6 Å². The third-order valence-electron chi connectivity index (χ3n) is 5.18. The highest BCUT2D eigenvalue weighted by Crippen LogP contribution is 2.30. The quantitative estimate of drug-likeness (QED) is 0.864. The lowest BCUT2D eigenvalue weighted by atomic mass is 10.0. The molecule has 7 heteroatoms. The van der Waals surface area contributed by atoms with Crippen molar-refractivity contribution in [2.24, 2.45) is 7.05 Å². The Balaban J connectivity index is 1.38. The van der Waals surface area contributed by atoms with Crippen molar-refractivity contribution in [3.05, 3.63) is 46.2 Å². The lowest BCUT2D eigenvalue weighted by Gasteiger charge is -2.36. The summed E-state index contributed by atoms with van der Waals surface area (Å²) in [6.45, 7) is 3.84. The van der Waals surface area contributed by atoms with Gasteiger partial charge in [-0.1, -0.05) is 6.07 Å². The highest BCUT2D eigenvalue weighted by atomic mass is 16.6. The number of ether oxygens (including phenoxy) is 2. The topological polar surface area (TPSA) is 68.6 Å². The van der Waals surface area contributed by atoms with Crippen LogP contribution in [0.3, 0.4) is 0 Å². The number of piperidine rings is 1. The minimum absolute atomic E-state index is 0.0796. The molecule has 0 saturated carbocycles. The van der Waals surface area contributed by atoms with E-state index in [1.54, 1.807) is 13.1 Å². The van der Waals surface area contributed by atoms with E-state index >= 15 is 0 Å². The van der Waals surface area contributed by atoms with E-state index in [9.17, 15) is 4.79 Å². The standard InChI is InChI=1S/C20H26N4O3/c1-23-20(25)8-7-19(22-23)24-9-3-2-4-16(24)14-21-13-15-5-6-17-18(12-15)27-11-10-26-17/h5-8,12,16,21H,2-4,9-11,13-14H2,1H3. The van der Waals surface area contributed by atoms with Crippen LogP contribution in [0.2, 0.25) is 0 Å². The van der Waals surface area contributed by atoms with Gasteiger partial charge in [-0.25, -0.2) is 4.68 Å². The van der Waals surface area contributed by atoms with Crippen LogP contribution in [0, 0.1) is 0 Å². The predicted molar refractivity (Wildman–Crippen MR) is 104 cm³/mol. The Bertz CT molecular complexity index is 851. The van der Waals surface area contributed by atoms with E-state index in [4.69, 9.17) is 9.47 Å². The lowest BCUT2D eigenvalue weighted by molar-refractivity contribution is 0.171. The zero-order chi connectivity index (χ0) is 18.6. The second-order valence-corrected chi connectivity index (χ2v) is 7.11. The van der Waals surface area contributed by atoms with Gasteiger partial charge in [0.05, 0.1) is 0 Å². The van der Waals surface area contributed by atoms with Crippen LogP contribution in [0.5, 0.6) is 11.5 Å². The maximum absolute atomic E-state index is 11.6. The fourth-order valence-electron chi connectivity index (χ4n) is 3.74. The van der Waals surface area contributed by atoms with Crippen LogP contribution in [-0.4, -0.2) is 42.1 Å². The number of aromatic nitrogens is 2. The van der Waals surface area contributed by atoms with Crippen molar-refractivity contribution in [1.82, 2.24) is 15.1 Å². The van der Waals surface area contributed by atoms with E-state index in [1.165, 1.54) is 16.7 Å². The van der Waals surface area contributed by atoms with E-state index in [-0.39, 0.29) is 5.56 Å². The molecule has 0 bridgehead atoms. The number of hydrogen-bond acceptors (Lipinski definition) is 6. The first-order chi connectivity index (χ1) is 13.2. The minimum Gasteiger partial charge on any atom is -0.486 e. The molecule has 4 rings (SSSR count). The van der Waals surface area contributed by atoms with Crippen molar-refractivity contribution in [2.45, 2.75) is 31.8 Å². The number of fused-ring (bicyclic) bond motifs is 1. The van der Waals surface area contributed by atoms with E-state index in [1.807, 2.05) is 12.1 Å². The average molecular weight is 370 g/mol. The van der Waals surface area contributed by atoms with Gasteiger partial charge in [0, 0.05) is 38.8 Å². The maximum atomic E-state index is 11.6. The first-order valence-electron chi connectivity index (χ1n) is 9.61. The van der Waals surface area contributed by atoms with Gasteiger partial charge >= 0.3 is 0 Å². The molecule has 2 aliphatic heterocycles. The Morgan fingerprint density at radius 3 is 2.85 bits per heavy atom. The van der Waals surface area contributed by atoms with Gasteiger partial charge in [0.15, 0.2) is 11.5 Å². The number of benzene rings is 1. The third-order valence-corrected chi connectivity index (χ3v) is 5.18. The predicted octanol–water partition coefficient (Wildman–Crippen LogP) is 1.70. The normalized spacial score (nSPS) is 19.1.